The molecule has 0 N–H and O–H groups in total. The zero-order valence-corrected chi connectivity index (χ0v) is 16.8. The molecular weight excluding hydrogens is 364 g/mol. The summed E-state index contributed by atoms with van der Waals surface area (Å²) < 4.78 is 7.87. The lowest BCUT2D eigenvalue weighted by Gasteiger charge is -2.30. The minimum atomic E-state index is 0.198. The zero-order valence-electron chi connectivity index (χ0n) is 16.8. The molecule has 0 saturated heterocycles. The first kappa shape index (κ1) is 18.2. The number of oxazole rings is 1. The van der Waals surface area contributed by atoms with E-state index in [-0.39, 0.29) is 5.92 Å². The van der Waals surface area contributed by atoms with Crippen molar-refractivity contribution in [2.45, 2.75) is 52.1 Å². The van der Waals surface area contributed by atoms with E-state index in [4.69, 9.17) is 9.52 Å². The van der Waals surface area contributed by atoms with Crippen LogP contribution in [0.2, 0.25) is 0 Å². The molecule has 6 heteroatoms. The van der Waals surface area contributed by atoms with E-state index in [1.54, 1.807) is 6.20 Å². The SMILES string of the molecule is Cc1cnc(-c2nn(Cc3ccccc3)c3c2CN(C(=O)C2CCCC2)CC3)o1. The fourth-order valence-electron chi connectivity index (χ4n) is 4.63. The first-order valence-electron chi connectivity index (χ1n) is 10.5. The van der Waals surface area contributed by atoms with Gasteiger partial charge in [0.25, 0.3) is 0 Å². The average molecular weight is 390 g/mol. The summed E-state index contributed by atoms with van der Waals surface area (Å²) in [6, 6.07) is 10.3. The van der Waals surface area contributed by atoms with Crippen molar-refractivity contribution in [3.05, 3.63) is 59.1 Å². The summed E-state index contributed by atoms with van der Waals surface area (Å²) in [5.74, 6) is 1.81. The summed E-state index contributed by atoms with van der Waals surface area (Å²) in [4.78, 5) is 19.5. The summed E-state index contributed by atoms with van der Waals surface area (Å²) in [7, 11) is 0. The highest BCUT2D eigenvalue weighted by Gasteiger charge is 2.33. The van der Waals surface area contributed by atoms with Crippen LogP contribution in [-0.4, -0.2) is 32.1 Å². The highest BCUT2D eigenvalue weighted by atomic mass is 16.4. The molecule has 5 rings (SSSR count). The topological polar surface area (TPSA) is 64.2 Å². The van der Waals surface area contributed by atoms with E-state index >= 15 is 0 Å². The lowest BCUT2D eigenvalue weighted by Crippen LogP contribution is -2.39. The Hall–Kier alpha value is -2.89. The summed E-state index contributed by atoms with van der Waals surface area (Å²) in [5.41, 5.74) is 4.25. The number of hydrogen-bond acceptors (Lipinski definition) is 4. The van der Waals surface area contributed by atoms with E-state index in [2.05, 4.69) is 21.8 Å². The van der Waals surface area contributed by atoms with Crippen LogP contribution >= 0.6 is 0 Å². The fraction of sp³-hybridized carbons (Fsp3) is 0.435. The Labute approximate surface area is 170 Å². The van der Waals surface area contributed by atoms with Crippen molar-refractivity contribution in [2.75, 3.05) is 6.54 Å². The van der Waals surface area contributed by atoms with E-state index < -0.39 is 0 Å². The highest BCUT2D eigenvalue weighted by Crippen LogP contribution is 2.33. The van der Waals surface area contributed by atoms with E-state index in [1.807, 2.05) is 30.0 Å². The second kappa shape index (κ2) is 7.50. The van der Waals surface area contributed by atoms with Gasteiger partial charge in [-0.3, -0.25) is 9.48 Å². The highest BCUT2D eigenvalue weighted by molar-refractivity contribution is 5.79. The normalized spacial score (nSPS) is 16.9. The predicted octanol–water partition coefficient (Wildman–Crippen LogP) is 3.97. The lowest BCUT2D eigenvalue weighted by molar-refractivity contribution is -0.136. The molecule has 1 saturated carbocycles. The molecule has 6 nitrogen and oxygen atoms in total. The Balaban J connectivity index is 1.49. The number of fused-ring (bicyclic) bond motifs is 1. The number of hydrogen-bond donors (Lipinski definition) is 0. The molecule has 1 fully saturated rings. The molecule has 2 aliphatic rings. The van der Waals surface area contributed by atoms with Crippen LogP contribution < -0.4 is 0 Å². The van der Waals surface area contributed by atoms with Gasteiger partial charge in [-0.1, -0.05) is 43.2 Å². The van der Waals surface area contributed by atoms with Crippen LogP contribution in [0.15, 0.2) is 40.9 Å². The summed E-state index contributed by atoms with van der Waals surface area (Å²) in [6.45, 7) is 3.95. The van der Waals surface area contributed by atoms with Crippen molar-refractivity contribution in [1.29, 1.82) is 0 Å². The summed E-state index contributed by atoms with van der Waals surface area (Å²) in [6.07, 6.45) is 6.94. The maximum Gasteiger partial charge on any atom is 0.247 e. The van der Waals surface area contributed by atoms with Crippen LogP contribution in [0.25, 0.3) is 11.6 Å². The average Bonchev–Trinajstić information content (AvgIpc) is 3.49. The largest absolute Gasteiger partial charge is 0.440 e. The smallest absolute Gasteiger partial charge is 0.247 e. The lowest BCUT2D eigenvalue weighted by atomic mass is 10.0. The third-order valence-electron chi connectivity index (χ3n) is 6.15. The third kappa shape index (κ3) is 3.48. The number of aryl methyl sites for hydroxylation is 1. The maximum absolute atomic E-state index is 13.0. The standard InChI is InChI=1S/C23H26N4O2/c1-16-13-24-22(29-16)21-19-15-26(23(28)18-9-5-6-10-18)12-11-20(19)27(25-21)14-17-7-3-2-4-8-17/h2-4,7-8,13,18H,5-6,9-12,14-15H2,1H3. The molecule has 1 amide bonds. The van der Waals surface area contributed by atoms with Crippen LogP contribution in [0.1, 0.15) is 48.3 Å². The molecule has 0 spiro atoms. The number of nitrogens with zero attached hydrogens (tertiary/aromatic N) is 4. The zero-order chi connectivity index (χ0) is 19.8. The van der Waals surface area contributed by atoms with Gasteiger partial charge >= 0.3 is 0 Å². The van der Waals surface area contributed by atoms with Gasteiger partial charge < -0.3 is 9.32 Å². The molecule has 1 aliphatic carbocycles. The molecular formula is C23H26N4O2. The number of aromatic nitrogens is 3. The van der Waals surface area contributed by atoms with Crippen LogP contribution in [0.5, 0.6) is 0 Å². The number of benzene rings is 1. The number of amides is 1. The monoisotopic (exact) mass is 390 g/mol. The van der Waals surface area contributed by atoms with Gasteiger partial charge in [0.1, 0.15) is 5.76 Å². The van der Waals surface area contributed by atoms with E-state index in [9.17, 15) is 4.79 Å². The second-order valence-corrected chi connectivity index (χ2v) is 8.18. The van der Waals surface area contributed by atoms with Gasteiger partial charge in [-0.25, -0.2) is 4.98 Å². The molecule has 0 unspecified atom stereocenters. The van der Waals surface area contributed by atoms with Crippen LogP contribution in [0.3, 0.4) is 0 Å². The van der Waals surface area contributed by atoms with Gasteiger partial charge in [-0.05, 0) is 25.3 Å². The van der Waals surface area contributed by atoms with Crippen LogP contribution in [0.4, 0.5) is 0 Å². The number of rotatable bonds is 4. The second-order valence-electron chi connectivity index (χ2n) is 8.18. The van der Waals surface area contributed by atoms with Crippen molar-refractivity contribution in [1.82, 2.24) is 19.7 Å². The third-order valence-corrected chi connectivity index (χ3v) is 6.15. The summed E-state index contributed by atoms with van der Waals surface area (Å²) >= 11 is 0. The van der Waals surface area contributed by atoms with Crippen molar-refractivity contribution in [2.24, 2.45) is 5.92 Å². The van der Waals surface area contributed by atoms with E-state index in [1.165, 1.54) is 24.1 Å². The molecule has 3 heterocycles. The van der Waals surface area contributed by atoms with Crippen molar-refractivity contribution in [3.63, 3.8) is 0 Å². The maximum atomic E-state index is 13.0. The number of carbonyl (C=O) groups is 1. The molecule has 1 aromatic carbocycles. The van der Waals surface area contributed by atoms with Crippen LogP contribution in [0, 0.1) is 12.8 Å². The Morgan fingerprint density at radius 2 is 2.00 bits per heavy atom. The predicted molar refractivity (Wildman–Crippen MR) is 109 cm³/mol. The Morgan fingerprint density at radius 3 is 2.72 bits per heavy atom. The first-order chi connectivity index (χ1) is 14.2. The molecule has 1 aliphatic heterocycles. The fourth-order valence-corrected chi connectivity index (χ4v) is 4.63. The van der Waals surface area contributed by atoms with E-state index in [0.29, 0.717) is 24.9 Å². The van der Waals surface area contributed by atoms with Gasteiger partial charge in [0.15, 0.2) is 5.69 Å². The molecule has 0 radical (unpaired) electrons. The Kier molecular flexibility index (Phi) is 4.70. The van der Waals surface area contributed by atoms with Gasteiger partial charge in [0.05, 0.1) is 12.7 Å². The molecule has 0 atom stereocenters. The van der Waals surface area contributed by atoms with E-state index in [0.717, 1.165) is 42.8 Å². The van der Waals surface area contributed by atoms with Gasteiger partial charge in [0, 0.05) is 36.7 Å². The molecule has 3 aromatic rings. The Morgan fingerprint density at radius 1 is 1.21 bits per heavy atom. The Bertz CT molecular complexity index is 1010. The minimum Gasteiger partial charge on any atom is -0.440 e. The van der Waals surface area contributed by atoms with Gasteiger partial charge in [-0.2, -0.15) is 5.10 Å². The summed E-state index contributed by atoms with van der Waals surface area (Å²) in [5, 5.41) is 4.88. The first-order valence-corrected chi connectivity index (χ1v) is 10.5. The molecule has 150 valence electrons. The minimum absolute atomic E-state index is 0.198. The van der Waals surface area contributed by atoms with Gasteiger partial charge in [0.2, 0.25) is 11.8 Å². The van der Waals surface area contributed by atoms with Gasteiger partial charge in [-0.15, -0.1) is 0 Å². The van der Waals surface area contributed by atoms with Crippen LogP contribution in [-0.2, 0) is 24.3 Å². The molecule has 2 aromatic heterocycles. The van der Waals surface area contributed by atoms with Crippen molar-refractivity contribution < 1.29 is 9.21 Å². The number of carbonyl (C=O) groups excluding carboxylic acids is 1. The quantitative estimate of drug-likeness (QED) is 0.676. The molecule has 29 heavy (non-hydrogen) atoms. The van der Waals surface area contributed by atoms with Crippen molar-refractivity contribution in [3.8, 4) is 11.6 Å². The molecule has 0 bridgehead atoms. The van der Waals surface area contributed by atoms with Crippen molar-refractivity contribution >= 4 is 5.91 Å².